The molecule has 1 saturated heterocycles. The Balaban J connectivity index is 2.09. The molecule has 0 saturated carbocycles. The molecule has 1 aliphatic heterocycles. The highest BCUT2D eigenvalue weighted by Gasteiger charge is 2.27. The molecule has 3 nitrogen and oxygen atoms in total. The number of hydrogen-bond acceptors (Lipinski definition) is 2. The molecule has 100 valence electrons. The molecule has 1 N–H and O–H groups in total. The van der Waals surface area contributed by atoms with E-state index in [0.717, 1.165) is 0 Å². The monoisotopic (exact) mass is 253 g/mol. The van der Waals surface area contributed by atoms with Gasteiger partial charge in [0.25, 0.3) is 0 Å². The minimum Gasteiger partial charge on any atom is -0.481 e. The van der Waals surface area contributed by atoms with Crippen LogP contribution in [-0.4, -0.2) is 41.8 Å². The molecule has 0 aromatic heterocycles. The number of unbranched alkanes of at least 4 members (excludes halogenated alkanes) is 1. The fraction of sp³-hybridized carbons (Fsp3) is 0.909. The number of alkyl halides is 3. The van der Waals surface area contributed by atoms with Gasteiger partial charge >= 0.3 is 12.1 Å². The number of piperidine rings is 1. The molecule has 0 spiro atoms. The van der Waals surface area contributed by atoms with E-state index in [2.05, 4.69) is 4.90 Å². The van der Waals surface area contributed by atoms with Crippen LogP contribution in [0.2, 0.25) is 0 Å². The Labute approximate surface area is 98.6 Å². The Morgan fingerprint density at radius 1 is 1.24 bits per heavy atom. The van der Waals surface area contributed by atoms with Crippen LogP contribution in [-0.2, 0) is 4.79 Å². The van der Waals surface area contributed by atoms with Crippen molar-refractivity contribution in [2.24, 2.45) is 5.92 Å². The van der Waals surface area contributed by atoms with E-state index in [9.17, 15) is 18.0 Å². The first-order valence-corrected chi connectivity index (χ1v) is 5.90. The number of likely N-dealkylation sites (tertiary alicyclic amines) is 1. The quantitative estimate of drug-likeness (QED) is 0.765. The summed E-state index contributed by atoms with van der Waals surface area (Å²) < 4.78 is 35.6. The Bertz CT molecular complexity index is 248. The third kappa shape index (κ3) is 5.91. The second-order valence-corrected chi connectivity index (χ2v) is 4.53. The normalized spacial score (nSPS) is 19.5. The zero-order valence-corrected chi connectivity index (χ0v) is 9.67. The highest BCUT2D eigenvalue weighted by atomic mass is 19.4. The van der Waals surface area contributed by atoms with Gasteiger partial charge in [-0.3, -0.25) is 4.79 Å². The Morgan fingerprint density at radius 2 is 1.82 bits per heavy atom. The van der Waals surface area contributed by atoms with Crippen molar-refractivity contribution in [1.82, 2.24) is 4.90 Å². The van der Waals surface area contributed by atoms with Crippen molar-refractivity contribution in [3.63, 3.8) is 0 Å². The molecule has 6 heteroatoms. The first kappa shape index (κ1) is 14.3. The van der Waals surface area contributed by atoms with Gasteiger partial charge in [-0.1, -0.05) is 0 Å². The molecule has 0 atom stereocenters. The topological polar surface area (TPSA) is 40.5 Å². The van der Waals surface area contributed by atoms with E-state index in [4.69, 9.17) is 5.11 Å². The van der Waals surface area contributed by atoms with Gasteiger partial charge in [-0.05, 0) is 45.3 Å². The van der Waals surface area contributed by atoms with Gasteiger partial charge in [-0.2, -0.15) is 13.2 Å². The number of rotatable bonds is 5. The maximum Gasteiger partial charge on any atom is 0.389 e. The van der Waals surface area contributed by atoms with Gasteiger partial charge in [-0.15, -0.1) is 0 Å². The second kappa shape index (κ2) is 6.23. The number of carboxylic acids is 1. The van der Waals surface area contributed by atoms with Gasteiger partial charge in [0.2, 0.25) is 0 Å². The molecular formula is C11H18F3NO2. The summed E-state index contributed by atoms with van der Waals surface area (Å²) >= 11 is 0. The second-order valence-electron chi connectivity index (χ2n) is 4.53. The van der Waals surface area contributed by atoms with Gasteiger partial charge in [0.05, 0.1) is 5.92 Å². The van der Waals surface area contributed by atoms with Crippen LogP contribution in [0, 0.1) is 5.92 Å². The number of hydrogen-bond donors (Lipinski definition) is 1. The molecule has 1 heterocycles. The molecule has 0 aromatic carbocycles. The minimum absolute atomic E-state index is 0.155. The molecule has 1 rings (SSSR count). The smallest absolute Gasteiger partial charge is 0.389 e. The molecule has 0 amide bonds. The third-order valence-electron chi connectivity index (χ3n) is 3.12. The van der Waals surface area contributed by atoms with E-state index in [0.29, 0.717) is 38.9 Å². The first-order chi connectivity index (χ1) is 7.88. The molecule has 0 unspecified atom stereocenters. The summed E-state index contributed by atoms with van der Waals surface area (Å²) in [6, 6.07) is 0. The molecule has 1 aliphatic rings. The SMILES string of the molecule is O=C(O)C1CCN(CCCCC(F)(F)F)CC1. The number of aliphatic carboxylic acids is 1. The van der Waals surface area contributed by atoms with Crippen LogP contribution in [0.25, 0.3) is 0 Å². The highest BCUT2D eigenvalue weighted by Crippen LogP contribution is 2.23. The van der Waals surface area contributed by atoms with Crippen LogP contribution in [0.1, 0.15) is 32.1 Å². The number of carboxylic acid groups (broad SMARTS) is 1. The van der Waals surface area contributed by atoms with Crippen LogP contribution >= 0.6 is 0 Å². The van der Waals surface area contributed by atoms with E-state index < -0.39 is 18.6 Å². The summed E-state index contributed by atoms with van der Waals surface area (Å²) in [4.78, 5) is 12.7. The number of carbonyl (C=O) groups is 1. The number of halogens is 3. The molecular weight excluding hydrogens is 235 g/mol. The largest absolute Gasteiger partial charge is 0.481 e. The maximum atomic E-state index is 11.9. The lowest BCUT2D eigenvalue weighted by atomic mass is 9.97. The molecule has 0 bridgehead atoms. The fourth-order valence-corrected chi connectivity index (χ4v) is 2.06. The van der Waals surface area contributed by atoms with E-state index >= 15 is 0 Å². The Kier molecular flexibility index (Phi) is 5.24. The van der Waals surface area contributed by atoms with Crippen molar-refractivity contribution in [3.8, 4) is 0 Å². The van der Waals surface area contributed by atoms with Crippen LogP contribution in [0.4, 0.5) is 13.2 Å². The number of nitrogens with zero attached hydrogens (tertiary/aromatic N) is 1. The van der Waals surface area contributed by atoms with Gasteiger partial charge < -0.3 is 10.0 Å². The van der Waals surface area contributed by atoms with Crippen molar-refractivity contribution in [2.45, 2.75) is 38.3 Å². The Hall–Kier alpha value is -0.780. The molecule has 0 aromatic rings. The van der Waals surface area contributed by atoms with Crippen molar-refractivity contribution < 1.29 is 23.1 Å². The van der Waals surface area contributed by atoms with Crippen LogP contribution in [0.15, 0.2) is 0 Å². The highest BCUT2D eigenvalue weighted by molar-refractivity contribution is 5.70. The van der Waals surface area contributed by atoms with Gasteiger partial charge in [0.15, 0.2) is 0 Å². The molecule has 0 aliphatic carbocycles. The predicted molar refractivity (Wildman–Crippen MR) is 56.7 cm³/mol. The lowest BCUT2D eigenvalue weighted by Crippen LogP contribution is -2.36. The van der Waals surface area contributed by atoms with Gasteiger partial charge in [-0.25, -0.2) is 0 Å². The molecule has 1 fully saturated rings. The summed E-state index contributed by atoms with van der Waals surface area (Å²) in [5, 5.41) is 8.78. The van der Waals surface area contributed by atoms with Gasteiger partial charge in [0.1, 0.15) is 0 Å². The van der Waals surface area contributed by atoms with E-state index in [1.165, 1.54) is 0 Å². The average molecular weight is 253 g/mol. The lowest BCUT2D eigenvalue weighted by Gasteiger charge is -2.29. The van der Waals surface area contributed by atoms with Crippen LogP contribution in [0.5, 0.6) is 0 Å². The van der Waals surface area contributed by atoms with E-state index in [1.54, 1.807) is 0 Å². The van der Waals surface area contributed by atoms with E-state index in [-0.39, 0.29) is 12.3 Å². The maximum absolute atomic E-state index is 11.9. The zero-order chi connectivity index (χ0) is 12.9. The first-order valence-electron chi connectivity index (χ1n) is 5.90. The predicted octanol–water partition coefficient (Wildman–Crippen LogP) is 2.52. The zero-order valence-electron chi connectivity index (χ0n) is 9.67. The van der Waals surface area contributed by atoms with Crippen molar-refractivity contribution >= 4 is 5.97 Å². The molecule has 17 heavy (non-hydrogen) atoms. The Morgan fingerprint density at radius 3 is 2.29 bits per heavy atom. The standard InChI is InChI=1S/C11H18F3NO2/c12-11(13,14)5-1-2-6-15-7-3-9(4-8-15)10(16)17/h9H,1-8H2,(H,16,17). The summed E-state index contributed by atoms with van der Waals surface area (Å²) in [5.41, 5.74) is 0. The summed E-state index contributed by atoms with van der Waals surface area (Å²) in [6.45, 7) is 2.01. The average Bonchev–Trinajstić information content (AvgIpc) is 2.24. The fourth-order valence-electron chi connectivity index (χ4n) is 2.06. The minimum atomic E-state index is -4.06. The van der Waals surface area contributed by atoms with Crippen molar-refractivity contribution in [2.75, 3.05) is 19.6 Å². The summed E-state index contributed by atoms with van der Waals surface area (Å²) in [6.07, 6.45) is -2.89. The summed E-state index contributed by atoms with van der Waals surface area (Å²) in [7, 11) is 0. The van der Waals surface area contributed by atoms with Crippen LogP contribution < -0.4 is 0 Å². The van der Waals surface area contributed by atoms with Gasteiger partial charge in [0, 0.05) is 6.42 Å². The molecule has 0 radical (unpaired) electrons. The van der Waals surface area contributed by atoms with Crippen molar-refractivity contribution in [1.29, 1.82) is 0 Å². The summed E-state index contributed by atoms with van der Waals surface area (Å²) in [5.74, 6) is -1.04. The van der Waals surface area contributed by atoms with Crippen LogP contribution in [0.3, 0.4) is 0 Å². The van der Waals surface area contributed by atoms with Crippen molar-refractivity contribution in [3.05, 3.63) is 0 Å². The van der Waals surface area contributed by atoms with E-state index in [1.807, 2.05) is 0 Å². The third-order valence-corrected chi connectivity index (χ3v) is 3.12. The lowest BCUT2D eigenvalue weighted by molar-refractivity contribution is -0.143.